The Kier molecular flexibility index (Phi) is 3.83. The van der Waals surface area contributed by atoms with E-state index in [0.717, 1.165) is 30.9 Å². The molecule has 5 nitrogen and oxygen atoms in total. The SMILES string of the molecule is O=C(Nc1ccc(-n2ccccc2=O)cc1)C1CCNC1. The Morgan fingerprint density at radius 1 is 1.19 bits per heavy atom. The van der Waals surface area contributed by atoms with Gasteiger partial charge in [-0.2, -0.15) is 0 Å². The summed E-state index contributed by atoms with van der Waals surface area (Å²) in [6, 6.07) is 12.3. The van der Waals surface area contributed by atoms with Crippen molar-refractivity contribution < 1.29 is 4.79 Å². The number of carbonyl (C=O) groups excluding carboxylic acids is 1. The summed E-state index contributed by atoms with van der Waals surface area (Å²) in [6.45, 7) is 1.64. The molecule has 0 bridgehead atoms. The Labute approximate surface area is 122 Å². The molecule has 1 aliphatic heterocycles. The maximum atomic E-state index is 12.0. The number of amides is 1. The Hall–Kier alpha value is -2.40. The molecule has 1 fully saturated rings. The van der Waals surface area contributed by atoms with Gasteiger partial charge in [-0.3, -0.25) is 14.2 Å². The Morgan fingerprint density at radius 2 is 2.00 bits per heavy atom. The van der Waals surface area contributed by atoms with Crippen molar-refractivity contribution in [2.24, 2.45) is 5.92 Å². The molecule has 1 aliphatic rings. The fourth-order valence-electron chi connectivity index (χ4n) is 2.47. The quantitative estimate of drug-likeness (QED) is 0.894. The van der Waals surface area contributed by atoms with Crippen LogP contribution in [-0.4, -0.2) is 23.6 Å². The molecule has 0 spiro atoms. The van der Waals surface area contributed by atoms with E-state index >= 15 is 0 Å². The topological polar surface area (TPSA) is 63.1 Å². The minimum atomic E-state index is -0.0775. The second-order valence-corrected chi connectivity index (χ2v) is 5.13. The molecule has 1 unspecified atom stereocenters. The van der Waals surface area contributed by atoms with E-state index in [2.05, 4.69) is 10.6 Å². The summed E-state index contributed by atoms with van der Waals surface area (Å²) >= 11 is 0. The van der Waals surface area contributed by atoms with Crippen LogP contribution in [0.5, 0.6) is 0 Å². The van der Waals surface area contributed by atoms with Crippen molar-refractivity contribution in [1.29, 1.82) is 0 Å². The highest BCUT2D eigenvalue weighted by Gasteiger charge is 2.22. The smallest absolute Gasteiger partial charge is 0.255 e. The molecule has 5 heteroatoms. The Bertz CT molecular complexity index is 685. The van der Waals surface area contributed by atoms with Crippen LogP contribution < -0.4 is 16.2 Å². The molecule has 108 valence electrons. The van der Waals surface area contributed by atoms with Gasteiger partial charge in [-0.05, 0) is 43.3 Å². The van der Waals surface area contributed by atoms with Crippen LogP contribution in [0, 0.1) is 5.92 Å². The second kappa shape index (κ2) is 5.93. The lowest BCUT2D eigenvalue weighted by Gasteiger charge is -2.11. The van der Waals surface area contributed by atoms with Gasteiger partial charge in [-0.1, -0.05) is 6.07 Å². The van der Waals surface area contributed by atoms with E-state index in [1.54, 1.807) is 16.8 Å². The van der Waals surface area contributed by atoms with Crippen molar-refractivity contribution in [2.75, 3.05) is 18.4 Å². The molecule has 2 N–H and O–H groups in total. The van der Waals surface area contributed by atoms with Crippen molar-refractivity contribution >= 4 is 11.6 Å². The molecule has 3 rings (SSSR count). The van der Waals surface area contributed by atoms with Crippen molar-refractivity contribution in [3.8, 4) is 5.69 Å². The molecule has 0 saturated carbocycles. The molecule has 1 atom stereocenters. The molecule has 0 radical (unpaired) electrons. The van der Waals surface area contributed by atoms with Crippen LogP contribution in [0.2, 0.25) is 0 Å². The van der Waals surface area contributed by atoms with E-state index in [1.807, 2.05) is 30.3 Å². The average Bonchev–Trinajstić information content (AvgIpc) is 3.03. The number of hydrogen-bond acceptors (Lipinski definition) is 3. The van der Waals surface area contributed by atoms with Gasteiger partial charge in [0.1, 0.15) is 0 Å². The minimum Gasteiger partial charge on any atom is -0.326 e. The van der Waals surface area contributed by atoms with E-state index in [-0.39, 0.29) is 17.4 Å². The third kappa shape index (κ3) is 3.03. The van der Waals surface area contributed by atoms with Crippen molar-refractivity contribution in [1.82, 2.24) is 9.88 Å². The summed E-state index contributed by atoms with van der Waals surface area (Å²) in [4.78, 5) is 23.8. The molecule has 2 aromatic rings. The summed E-state index contributed by atoms with van der Waals surface area (Å²) in [7, 11) is 0. The lowest BCUT2D eigenvalue weighted by Crippen LogP contribution is -2.24. The van der Waals surface area contributed by atoms with Gasteiger partial charge < -0.3 is 10.6 Å². The maximum Gasteiger partial charge on any atom is 0.255 e. The van der Waals surface area contributed by atoms with Crippen LogP contribution in [0.3, 0.4) is 0 Å². The van der Waals surface area contributed by atoms with E-state index in [9.17, 15) is 9.59 Å². The summed E-state index contributed by atoms with van der Waals surface area (Å²) in [5, 5.41) is 6.09. The largest absolute Gasteiger partial charge is 0.326 e. The zero-order valence-electron chi connectivity index (χ0n) is 11.6. The number of anilines is 1. The van der Waals surface area contributed by atoms with Gasteiger partial charge in [0.15, 0.2) is 0 Å². The van der Waals surface area contributed by atoms with Gasteiger partial charge in [0, 0.05) is 30.2 Å². The third-order valence-electron chi connectivity index (χ3n) is 3.67. The van der Waals surface area contributed by atoms with Crippen LogP contribution in [0.4, 0.5) is 5.69 Å². The average molecular weight is 283 g/mol. The highest BCUT2D eigenvalue weighted by atomic mass is 16.2. The van der Waals surface area contributed by atoms with Gasteiger partial charge in [0.05, 0.1) is 5.92 Å². The lowest BCUT2D eigenvalue weighted by molar-refractivity contribution is -0.119. The summed E-state index contributed by atoms with van der Waals surface area (Å²) in [5.74, 6) is 0.0889. The highest BCUT2D eigenvalue weighted by Crippen LogP contribution is 2.15. The summed E-state index contributed by atoms with van der Waals surface area (Å²) in [6.07, 6.45) is 2.60. The predicted octanol–water partition coefficient (Wildman–Crippen LogP) is 1.39. The minimum absolute atomic E-state index is 0.0430. The molecule has 2 heterocycles. The van der Waals surface area contributed by atoms with Crippen molar-refractivity contribution in [3.05, 3.63) is 59.0 Å². The number of nitrogens with one attached hydrogen (secondary N) is 2. The first-order valence-corrected chi connectivity index (χ1v) is 7.04. The molecule has 1 aromatic carbocycles. The van der Waals surface area contributed by atoms with Crippen molar-refractivity contribution in [2.45, 2.75) is 6.42 Å². The third-order valence-corrected chi connectivity index (χ3v) is 3.67. The summed E-state index contributed by atoms with van der Waals surface area (Å²) in [5.41, 5.74) is 1.45. The number of nitrogens with zero attached hydrogens (tertiary/aromatic N) is 1. The number of hydrogen-bond donors (Lipinski definition) is 2. The zero-order chi connectivity index (χ0) is 14.7. The number of pyridine rings is 1. The van der Waals surface area contributed by atoms with Gasteiger partial charge in [-0.25, -0.2) is 0 Å². The molecule has 0 aliphatic carbocycles. The van der Waals surface area contributed by atoms with Crippen LogP contribution in [-0.2, 0) is 4.79 Å². The molecule has 1 saturated heterocycles. The van der Waals surface area contributed by atoms with Crippen LogP contribution in [0.25, 0.3) is 5.69 Å². The van der Waals surface area contributed by atoms with Crippen LogP contribution in [0.15, 0.2) is 53.5 Å². The first-order chi connectivity index (χ1) is 10.2. The Balaban J connectivity index is 1.74. The van der Waals surface area contributed by atoms with Crippen LogP contribution in [0.1, 0.15) is 6.42 Å². The molecule has 1 amide bonds. The van der Waals surface area contributed by atoms with E-state index in [4.69, 9.17) is 0 Å². The molecule has 1 aromatic heterocycles. The van der Waals surface area contributed by atoms with Gasteiger partial charge in [0.2, 0.25) is 5.91 Å². The van der Waals surface area contributed by atoms with Gasteiger partial charge >= 0.3 is 0 Å². The fourth-order valence-corrected chi connectivity index (χ4v) is 2.47. The van der Waals surface area contributed by atoms with Crippen LogP contribution >= 0.6 is 0 Å². The zero-order valence-corrected chi connectivity index (χ0v) is 11.6. The highest BCUT2D eigenvalue weighted by molar-refractivity contribution is 5.92. The number of benzene rings is 1. The number of aromatic nitrogens is 1. The lowest BCUT2D eigenvalue weighted by atomic mass is 10.1. The van der Waals surface area contributed by atoms with Gasteiger partial charge in [-0.15, -0.1) is 0 Å². The van der Waals surface area contributed by atoms with E-state index in [1.165, 1.54) is 6.07 Å². The maximum absolute atomic E-state index is 12.0. The molecular formula is C16H17N3O2. The first kappa shape index (κ1) is 13.6. The monoisotopic (exact) mass is 283 g/mol. The molecular weight excluding hydrogens is 266 g/mol. The van der Waals surface area contributed by atoms with E-state index < -0.39 is 0 Å². The van der Waals surface area contributed by atoms with E-state index in [0.29, 0.717) is 0 Å². The van der Waals surface area contributed by atoms with Crippen molar-refractivity contribution in [3.63, 3.8) is 0 Å². The normalized spacial score (nSPS) is 17.6. The second-order valence-electron chi connectivity index (χ2n) is 5.13. The summed E-state index contributed by atoms with van der Waals surface area (Å²) < 4.78 is 1.56. The van der Waals surface area contributed by atoms with Gasteiger partial charge in [0.25, 0.3) is 5.56 Å². The number of carbonyl (C=O) groups is 1. The number of rotatable bonds is 3. The Morgan fingerprint density at radius 3 is 2.67 bits per heavy atom. The fraction of sp³-hybridized carbons (Fsp3) is 0.250. The molecule has 21 heavy (non-hydrogen) atoms. The standard InChI is InChI=1S/C16H17N3O2/c20-15-3-1-2-10-19(15)14-6-4-13(5-7-14)18-16(21)12-8-9-17-11-12/h1-7,10,12,17H,8-9,11H2,(H,18,21). The predicted molar refractivity (Wildman–Crippen MR) is 81.6 cm³/mol. The first-order valence-electron chi connectivity index (χ1n) is 7.04.